The summed E-state index contributed by atoms with van der Waals surface area (Å²) in [7, 11) is 0. The summed E-state index contributed by atoms with van der Waals surface area (Å²) in [6.45, 7) is 7.98. The molecule has 0 saturated heterocycles. The average Bonchev–Trinajstić information content (AvgIpc) is 2.46. The van der Waals surface area contributed by atoms with Crippen LogP contribution in [0.5, 0.6) is 0 Å². The number of rotatable bonds is 6. The second-order valence-corrected chi connectivity index (χ2v) is 4.12. The second-order valence-electron chi connectivity index (χ2n) is 4.12. The highest BCUT2D eigenvalue weighted by atomic mass is 15.3. The first-order valence-electron chi connectivity index (χ1n) is 5.93. The first-order chi connectivity index (χ1) is 7.20. The topological polar surface area (TPSA) is 43.8 Å². The molecule has 3 heteroatoms. The van der Waals surface area contributed by atoms with Gasteiger partial charge in [-0.2, -0.15) is 5.10 Å². The third-order valence-electron chi connectivity index (χ3n) is 2.90. The van der Waals surface area contributed by atoms with Gasteiger partial charge in [-0.15, -0.1) is 0 Å². The fourth-order valence-electron chi connectivity index (χ4n) is 1.99. The molecule has 1 aromatic rings. The van der Waals surface area contributed by atoms with Crippen molar-refractivity contribution in [1.29, 1.82) is 0 Å². The van der Waals surface area contributed by atoms with Gasteiger partial charge in [-0.05, 0) is 32.3 Å². The molecule has 86 valence electrons. The van der Waals surface area contributed by atoms with Crippen LogP contribution in [0.2, 0.25) is 0 Å². The second kappa shape index (κ2) is 5.91. The molecule has 0 spiro atoms. The van der Waals surface area contributed by atoms with Crippen molar-refractivity contribution in [2.45, 2.75) is 53.0 Å². The van der Waals surface area contributed by atoms with Crippen molar-refractivity contribution in [3.8, 4) is 0 Å². The Morgan fingerprint density at radius 2 is 2.00 bits per heavy atom. The minimum absolute atomic E-state index is 0.663. The number of unbranched alkanes of at least 4 members (excludes halogenated alkanes) is 2. The van der Waals surface area contributed by atoms with Crippen LogP contribution in [0, 0.1) is 13.8 Å². The zero-order valence-corrected chi connectivity index (χ0v) is 10.2. The monoisotopic (exact) mass is 209 g/mol. The van der Waals surface area contributed by atoms with Crippen LogP contribution in [0.4, 0.5) is 0 Å². The van der Waals surface area contributed by atoms with E-state index in [-0.39, 0.29) is 0 Å². The fraction of sp³-hybridized carbons (Fsp3) is 0.750. The maximum absolute atomic E-state index is 5.55. The van der Waals surface area contributed by atoms with Gasteiger partial charge < -0.3 is 5.73 Å². The molecule has 0 fully saturated rings. The van der Waals surface area contributed by atoms with E-state index in [2.05, 4.69) is 25.9 Å². The SMILES string of the molecule is CCCCCc1c(C)nn(CCN)c1C. The maximum atomic E-state index is 5.55. The van der Waals surface area contributed by atoms with Crippen molar-refractivity contribution in [3.63, 3.8) is 0 Å². The van der Waals surface area contributed by atoms with E-state index < -0.39 is 0 Å². The molecule has 0 saturated carbocycles. The van der Waals surface area contributed by atoms with E-state index in [4.69, 9.17) is 5.73 Å². The molecular weight excluding hydrogens is 186 g/mol. The van der Waals surface area contributed by atoms with Crippen LogP contribution in [0.25, 0.3) is 0 Å². The van der Waals surface area contributed by atoms with Crippen molar-refractivity contribution in [1.82, 2.24) is 9.78 Å². The Bertz CT molecular complexity index is 302. The summed E-state index contributed by atoms with van der Waals surface area (Å²) in [4.78, 5) is 0. The summed E-state index contributed by atoms with van der Waals surface area (Å²) in [5.74, 6) is 0. The summed E-state index contributed by atoms with van der Waals surface area (Å²) in [6, 6.07) is 0. The van der Waals surface area contributed by atoms with E-state index in [0.29, 0.717) is 6.54 Å². The molecule has 1 rings (SSSR count). The predicted octanol–water partition coefficient (Wildman–Crippen LogP) is 2.19. The molecule has 0 amide bonds. The highest BCUT2D eigenvalue weighted by Crippen LogP contribution is 2.16. The van der Waals surface area contributed by atoms with E-state index in [1.165, 1.54) is 36.2 Å². The van der Waals surface area contributed by atoms with Gasteiger partial charge >= 0.3 is 0 Å². The highest BCUT2D eigenvalue weighted by Gasteiger charge is 2.09. The average molecular weight is 209 g/mol. The predicted molar refractivity (Wildman–Crippen MR) is 64.0 cm³/mol. The van der Waals surface area contributed by atoms with Crippen molar-refractivity contribution in [2.75, 3.05) is 6.54 Å². The molecule has 0 unspecified atom stereocenters. The van der Waals surface area contributed by atoms with E-state index in [1.807, 2.05) is 4.68 Å². The van der Waals surface area contributed by atoms with Crippen molar-refractivity contribution < 1.29 is 0 Å². The Kier molecular flexibility index (Phi) is 4.82. The third-order valence-corrected chi connectivity index (χ3v) is 2.90. The zero-order valence-electron chi connectivity index (χ0n) is 10.2. The largest absolute Gasteiger partial charge is 0.329 e. The molecule has 0 aliphatic carbocycles. The lowest BCUT2D eigenvalue weighted by atomic mass is 10.1. The smallest absolute Gasteiger partial charge is 0.0628 e. The maximum Gasteiger partial charge on any atom is 0.0628 e. The molecular formula is C12H23N3. The Morgan fingerprint density at radius 1 is 1.27 bits per heavy atom. The lowest BCUT2D eigenvalue weighted by Gasteiger charge is -2.03. The number of hydrogen-bond donors (Lipinski definition) is 1. The molecule has 0 aliphatic rings. The molecule has 3 nitrogen and oxygen atoms in total. The Labute approximate surface area is 92.7 Å². The number of nitrogens with zero attached hydrogens (tertiary/aromatic N) is 2. The number of nitrogens with two attached hydrogens (primary N) is 1. The summed E-state index contributed by atoms with van der Waals surface area (Å²) in [6.07, 6.45) is 5.01. The van der Waals surface area contributed by atoms with Gasteiger partial charge in [0.15, 0.2) is 0 Å². The van der Waals surface area contributed by atoms with Gasteiger partial charge in [0, 0.05) is 12.2 Å². The standard InChI is InChI=1S/C12H23N3/c1-4-5-6-7-12-10(2)14-15(9-8-13)11(12)3/h4-9,13H2,1-3H3. The number of aromatic nitrogens is 2. The van der Waals surface area contributed by atoms with Crippen LogP contribution in [0.1, 0.15) is 43.1 Å². The van der Waals surface area contributed by atoms with Crippen LogP contribution in [0.15, 0.2) is 0 Å². The summed E-state index contributed by atoms with van der Waals surface area (Å²) >= 11 is 0. The minimum atomic E-state index is 0.663. The number of hydrogen-bond acceptors (Lipinski definition) is 2. The normalized spacial score (nSPS) is 10.9. The minimum Gasteiger partial charge on any atom is -0.329 e. The molecule has 0 aliphatic heterocycles. The fourth-order valence-corrected chi connectivity index (χ4v) is 1.99. The van der Waals surface area contributed by atoms with E-state index in [1.54, 1.807) is 0 Å². The Morgan fingerprint density at radius 3 is 2.60 bits per heavy atom. The highest BCUT2D eigenvalue weighted by molar-refractivity contribution is 5.24. The quantitative estimate of drug-likeness (QED) is 0.730. The molecule has 15 heavy (non-hydrogen) atoms. The summed E-state index contributed by atoms with van der Waals surface area (Å²) in [5.41, 5.74) is 9.46. The van der Waals surface area contributed by atoms with Crippen LogP contribution in [-0.4, -0.2) is 16.3 Å². The van der Waals surface area contributed by atoms with Gasteiger partial charge in [0.2, 0.25) is 0 Å². The molecule has 0 bridgehead atoms. The van der Waals surface area contributed by atoms with Gasteiger partial charge in [0.25, 0.3) is 0 Å². The summed E-state index contributed by atoms with van der Waals surface area (Å²) in [5, 5.41) is 4.52. The summed E-state index contributed by atoms with van der Waals surface area (Å²) < 4.78 is 2.04. The molecule has 0 radical (unpaired) electrons. The van der Waals surface area contributed by atoms with Gasteiger partial charge in [-0.25, -0.2) is 0 Å². The van der Waals surface area contributed by atoms with Gasteiger partial charge in [0.1, 0.15) is 0 Å². The van der Waals surface area contributed by atoms with Crippen LogP contribution >= 0.6 is 0 Å². The lowest BCUT2D eigenvalue weighted by Crippen LogP contribution is -2.12. The molecule has 1 aromatic heterocycles. The zero-order chi connectivity index (χ0) is 11.3. The van der Waals surface area contributed by atoms with Crippen LogP contribution in [-0.2, 0) is 13.0 Å². The van der Waals surface area contributed by atoms with Crippen LogP contribution < -0.4 is 5.73 Å². The van der Waals surface area contributed by atoms with Crippen LogP contribution in [0.3, 0.4) is 0 Å². The van der Waals surface area contributed by atoms with Crippen molar-refractivity contribution in [2.24, 2.45) is 5.73 Å². The number of aryl methyl sites for hydroxylation is 1. The first-order valence-corrected chi connectivity index (χ1v) is 5.93. The van der Waals surface area contributed by atoms with Crippen molar-refractivity contribution >= 4 is 0 Å². The molecule has 0 aromatic carbocycles. The van der Waals surface area contributed by atoms with E-state index >= 15 is 0 Å². The lowest BCUT2D eigenvalue weighted by molar-refractivity contribution is 0.602. The third kappa shape index (κ3) is 3.06. The molecule has 1 heterocycles. The van der Waals surface area contributed by atoms with E-state index in [9.17, 15) is 0 Å². The first kappa shape index (κ1) is 12.2. The van der Waals surface area contributed by atoms with Gasteiger partial charge in [-0.1, -0.05) is 19.8 Å². The molecule has 2 N–H and O–H groups in total. The Hall–Kier alpha value is -0.830. The van der Waals surface area contributed by atoms with Gasteiger partial charge in [-0.3, -0.25) is 4.68 Å². The van der Waals surface area contributed by atoms with Gasteiger partial charge in [0.05, 0.1) is 12.2 Å². The van der Waals surface area contributed by atoms with Crippen molar-refractivity contribution in [3.05, 3.63) is 17.0 Å². The molecule has 0 atom stereocenters. The Balaban J connectivity index is 2.69. The van der Waals surface area contributed by atoms with E-state index in [0.717, 1.165) is 13.0 Å².